The third-order valence-electron chi connectivity index (χ3n) is 8.58. The smallest absolute Gasteiger partial charge is 0.200 e. The second-order valence-corrected chi connectivity index (χ2v) is 11.2. The molecule has 2 aliphatic rings. The van der Waals surface area contributed by atoms with Crippen molar-refractivity contribution in [2.45, 2.75) is 25.0 Å². The molecule has 2 atom stereocenters. The molecule has 0 bridgehead atoms. The Morgan fingerprint density at radius 2 is 1.12 bits per heavy atom. The summed E-state index contributed by atoms with van der Waals surface area (Å²) in [5, 5.41) is 32.0. The summed E-state index contributed by atoms with van der Waals surface area (Å²) in [6.07, 6.45) is -2.01. The second-order valence-electron chi connectivity index (χ2n) is 11.2. The highest BCUT2D eigenvalue weighted by atomic mass is 16.5. The fraction of sp³-hybridized carbons (Fsp3) is 0.278. The van der Waals surface area contributed by atoms with E-state index in [1.54, 1.807) is 12.1 Å². The molecule has 2 aliphatic heterocycles. The number of ether oxygens (including phenoxy) is 8. The molecular formula is C36H34O13. The Hall–Kier alpha value is -5.98. The summed E-state index contributed by atoms with van der Waals surface area (Å²) < 4.78 is 45.9. The molecule has 2 unspecified atom stereocenters. The Balaban J connectivity index is 1.54. The number of benzene rings is 4. The van der Waals surface area contributed by atoms with Gasteiger partial charge in [-0.15, -0.1) is 0 Å². The van der Waals surface area contributed by atoms with Gasteiger partial charge < -0.3 is 53.2 Å². The molecule has 0 aromatic heterocycles. The minimum atomic E-state index is -0.900. The molecule has 0 radical (unpaired) electrons. The molecule has 2 heterocycles. The van der Waals surface area contributed by atoms with Gasteiger partial charge in [-0.2, -0.15) is 0 Å². The third-order valence-corrected chi connectivity index (χ3v) is 8.58. The molecule has 0 fully saturated rings. The maximum Gasteiger partial charge on any atom is 0.200 e. The summed E-state index contributed by atoms with van der Waals surface area (Å²) in [6, 6.07) is 10.6. The Morgan fingerprint density at radius 1 is 0.571 bits per heavy atom. The van der Waals surface area contributed by atoms with Gasteiger partial charge in [-0.1, -0.05) is 0 Å². The normalized spacial score (nSPS) is 16.4. The molecule has 0 amide bonds. The van der Waals surface area contributed by atoms with Gasteiger partial charge in [-0.3, -0.25) is 9.59 Å². The van der Waals surface area contributed by atoms with E-state index in [4.69, 9.17) is 37.9 Å². The van der Waals surface area contributed by atoms with Gasteiger partial charge in [0.2, 0.25) is 5.75 Å². The van der Waals surface area contributed by atoms with Gasteiger partial charge in [-0.05, 0) is 29.8 Å². The number of phenols is 3. The quantitative estimate of drug-likeness (QED) is 0.191. The summed E-state index contributed by atoms with van der Waals surface area (Å²) >= 11 is 0. The minimum absolute atomic E-state index is 0.00209. The molecule has 49 heavy (non-hydrogen) atoms. The van der Waals surface area contributed by atoms with E-state index in [1.165, 1.54) is 73.0 Å². The van der Waals surface area contributed by atoms with Crippen molar-refractivity contribution < 1.29 is 62.8 Å². The van der Waals surface area contributed by atoms with Crippen LogP contribution in [0.15, 0.2) is 42.5 Å². The first kappa shape index (κ1) is 32.9. The van der Waals surface area contributed by atoms with Crippen LogP contribution in [0.25, 0.3) is 11.1 Å². The van der Waals surface area contributed by atoms with Gasteiger partial charge in [0.1, 0.15) is 57.8 Å². The number of aromatic hydroxyl groups is 3. The van der Waals surface area contributed by atoms with Crippen molar-refractivity contribution in [2.24, 2.45) is 0 Å². The Kier molecular flexibility index (Phi) is 8.68. The monoisotopic (exact) mass is 674 g/mol. The van der Waals surface area contributed by atoms with Crippen LogP contribution in [0.5, 0.6) is 63.2 Å². The number of Topliss-reactive ketones (excluding diaryl/α,β-unsaturated/α-hetero) is 2. The lowest BCUT2D eigenvalue weighted by Crippen LogP contribution is -2.22. The van der Waals surface area contributed by atoms with Crippen LogP contribution in [0.2, 0.25) is 0 Å². The maximum absolute atomic E-state index is 13.7. The highest BCUT2D eigenvalue weighted by molar-refractivity contribution is 6.06. The van der Waals surface area contributed by atoms with E-state index in [2.05, 4.69) is 0 Å². The van der Waals surface area contributed by atoms with E-state index in [1.807, 2.05) is 0 Å². The number of methoxy groups -OCH3 is 6. The Morgan fingerprint density at radius 3 is 1.71 bits per heavy atom. The molecule has 4 aromatic rings. The highest BCUT2D eigenvalue weighted by Crippen LogP contribution is 2.55. The van der Waals surface area contributed by atoms with Gasteiger partial charge in [-0.25, -0.2) is 0 Å². The molecular weight excluding hydrogens is 640 g/mol. The molecule has 13 heteroatoms. The first-order valence-electron chi connectivity index (χ1n) is 15.0. The lowest BCUT2D eigenvalue weighted by atomic mass is 9.88. The average Bonchev–Trinajstić information content (AvgIpc) is 3.10. The van der Waals surface area contributed by atoms with E-state index in [-0.39, 0.29) is 92.8 Å². The van der Waals surface area contributed by atoms with E-state index in [0.717, 1.165) is 0 Å². The highest BCUT2D eigenvalue weighted by Gasteiger charge is 2.38. The van der Waals surface area contributed by atoms with Crippen LogP contribution >= 0.6 is 0 Å². The fourth-order valence-corrected chi connectivity index (χ4v) is 6.24. The number of hydrogen-bond donors (Lipinski definition) is 3. The first-order chi connectivity index (χ1) is 23.6. The molecule has 4 aromatic carbocycles. The predicted octanol–water partition coefficient (Wildman–Crippen LogP) is 5.94. The van der Waals surface area contributed by atoms with E-state index < -0.39 is 18.0 Å². The van der Waals surface area contributed by atoms with Crippen LogP contribution in [0.1, 0.15) is 56.9 Å². The van der Waals surface area contributed by atoms with Crippen molar-refractivity contribution in [1.82, 2.24) is 0 Å². The van der Waals surface area contributed by atoms with Crippen molar-refractivity contribution in [2.75, 3.05) is 42.7 Å². The first-order valence-corrected chi connectivity index (χ1v) is 15.0. The zero-order valence-corrected chi connectivity index (χ0v) is 27.5. The van der Waals surface area contributed by atoms with E-state index in [0.29, 0.717) is 22.4 Å². The Labute approximate surface area is 281 Å². The summed E-state index contributed by atoms with van der Waals surface area (Å²) in [5.74, 6) is -0.283. The van der Waals surface area contributed by atoms with Crippen molar-refractivity contribution in [3.8, 4) is 74.4 Å². The molecule has 0 spiro atoms. The standard InChI is InChI=1S/C36H34O13/c1-42-18-11-20(37)32-21(38)13-24(48-27(32)12-18)16-7-19(35(47-6)30(10-16)46-5)31-26(43-2)15-23(40)33-22(39)14-25(49-36(31)33)17-8-28(44-3)34(41)29(9-17)45-4/h7-12,15,24-25,37,40-41H,13-14H2,1-6H3. The van der Waals surface area contributed by atoms with Crippen LogP contribution in [0.3, 0.4) is 0 Å². The zero-order valence-electron chi connectivity index (χ0n) is 27.5. The van der Waals surface area contributed by atoms with Gasteiger partial charge >= 0.3 is 0 Å². The maximum atomic E-state index is 13.7. The summed E-state index contributed by atoms with van der Waals surface area (Å²) in [4.78, 5) is 27.0. The van der Waals surface area contributed by atoms with Crippen LogP contribution in [-0.4, -0.2) is 69.5 Å². The van der Waals surface area contributed by atoms with Crippen LogP contribution in [0, 0.1) is 0 Å². The number of ketones is 2. The number of fused-ring (bicyclic) bond motifs is 2. The summed E-state index contributed by atoms with van der Waals surface area (Å²) in [6.45, 7) is 0. The van der Waals surface area contributed by atoms with Crippen LogP contribution in [-0.2, 0) is 0 Å². The lowest BCUT2D eigenvalue weighted by Gasteiger charge is -2.30. The van der Waals surface area contributed by atoms with Gasteiger partial charge in [0, 0.05) is 29.3 Å². The zero-order chi connectivity index (χ0) is 35.1. The van der Waals surface area contributed by atoms with Gasteiger partial charge in [0.15, 0.2) is 34.6 Å². The van der Waals surface area contributed by atoms with Gasteiger partial charge in [0.25, 0.3) is 0 Å². The number of carbonyl (C=O) groups is 2. The average molecular weight is 675 g/mol. The molecule has 256 valence electrons. The SMILES string of the molecule is COc1cc(O)c2c(c1)OC(c1cc(OC)c(OC)c(-c3c(OC)cc(O)c4c3OC(c3cc(OC)c(O)c(OC)c3)CC4=O)c1)CC2=O. The molecule has 13 nitrogen and oxygen atoms in total. The number of phenolic OH excluding ortho intramolecular Hbond substituents is 3. The fourth-order valence-electron chi connectivity index (χ4n) is 6.24. The van der Waals surface area contributed by atoms with Crippen molar-refractivity contribution >= 4 is 11.6 Å². The van der Waals surface area contributed by atoms with E-state index in [9.17, 15) is 24.9 Å². The molecule has 6 rings (SSSR count). The van der Waals surface area contributed by atoms with Crippen LogP contribution < -0.4 is 37.9 Å². The van der Waals surface area contributed by atoms with Gasteiger partial charge in [0.05, 0.1) is 61.1 Å². The largest absolute Gasteiger partial charge is 0.507 e. The van der Waals surface area contributed by atoms with E-state index >= 15 is 0 Å². The Bertz CT molecular complexity index is 1960. The van der Waals surface area contributed by atoms with Crippen molar-refractivity contribution in [3.05, 3.63) is 64.7 Å². The molecule has 0 saturated heterocycles. The molecule has 0 aliphatic carbocycles. The summed E-state index contributed by atoms with van der Waals surface area (Å²) in [7, 11) is 8.49. The minimum Gasteiger partial charge on any atom is -0.507 e. The number of rotatable bonds is 9. The predicted molar refractivity (Wildman–Crippen MR) is 174 cm³/mol. The second kappa shape index (κ2) is 12.9. The van der Waals surface area contributed by atoms with Crippen molar-refractivity contribution in [3.63, 3.8) is 0 Å². The third kappa shape index (κ3) is 5.56. The molecule has 0 saturated carbocycles. The topological polar surface area (TPSA) is 169 Å². The summed E-state index contributed by atoms with van der Waals surface area (Å²) in [5.41, 5.74) is 1.52. The number of hydrogen-bond acceptors (Lipinski definition) is 13. The molecule has 3 N–H and O–H groups in total. The number of carbonyl (C=O) groups excluding carboxylic acids is 2. The van der Waals surface area contributed by atoms with Crippen molar-refractivity contribution in [1.29, 1.82) is 0 Å². The lowest BCUT2D eigenvalue weighted by molar-refractivity contribution is 0.0833. The van der Waals surface area contributed by atoms with Crippen LogP contribution in [0.4, 0.5) is 0 Å².